The molecule has 0 unspecified atom stereocenters. The highest BCUT2D eigenvalue weighted by molar-refractivity contribution is 7.14. The van der Waals surface area contributed by atoms with Gasteiger partial charge in [0.1, 0.15) is 5.82 Å². The number of carbonyl (C=O) groups excluding carboxylic acids is 1. The first-order chi connectivity index (χ1) is 15.6. The van der Waals surface area contributed by atoms with Crippen molar-refractivity contribution in [2.24, 2.45) is 0 Å². The quantitative estimate of drug-likeness (QED) is 0.569. The van der Waals surface area contributed by atoms with Crippen molar-refractivity contribution in [2.75, 3.05) is 16.8 Å². The summed E-state index contributed by atoms with van der Waals surface area (Å²) in [5.74, 6) is -1.33. The number of rotatable bonds is 3. The molecule has 0 spiro atoms. The summed E-state index contributed by atoms with van der Waals surface area (Å²) in [6, 6.07) is 11.6. The maximum Gasteiger partial charge on any atom is 0.490 e. The molecule has 174 valence electrons. The number of aromatic nitrogens is 3. The van der Waals surface area contributed by atoms with E-state index in [0.29, 0.717) is 5.01 Å². The van der Waals surface area contributed by atoms with E-state index >= 15 is 0 Å². The van der Waals surface area contributed by atoms with Crippen LogP contribution in [-0.4, -0.2) is 44.9 Å². The van der Waals surface area contributed by atoms with Crippen molar-refractivity contribution in [2.45, 2.75) is 32.9 Å². The van der Waals surface area contributed by atoms with Gasteiger partial charge in [0, 0.05) is 17.1 Å². The Kier molecular flexibility index (Phi) is 7.26. The Hall–Kier alpha value is -3.54. The number of benzene rings is 1. The van der Waals surface area contributed by atoms with E-state index in [-0.39, 0.29) is 5.91 Å². The van der Waals surface area contributed by atoms with Gasteiger partial charge in [-0.2, -0.15) is 18.3 Å². The monoisotopic (exact) mass is 479 g/mol. The van der Waals surface area contributed by atoms with E-state index in [2.05, 4.69) is 20.5 Å². The summed E-state index contributed by atoms with van der Waals surface area (Å²) < 4.78 is 31.7. The van der Waals surface area contributed by atoms with Gasteiger partial charge in [-0.15, -0.1) is 16.4 Å². The van der Waals surface area contributed by atoms with Crippen molar-refractivity contribution in [3.05, 3.63) is 57.5 Å². The summed E-state index contributed by atoms with van der Waals surface area (Å²) >= 11 is 1.46. The largest absolute Gasteiger partial charge is 0.490 e. The molecule has 0 aliphatic carbocycles. The molecule has 33 heavy (non-hydrogen) atoms. The number of alkyl halides is 3. The average molecular weight is 479 g/mol. The summed E-state index contributed by atoms with van der Waals surface area (Å²) in [6.45, 7) is 4.71. The first kappa shape index (κ1) is 24.1. The van der Waals surface area contributed by atoms with Gasteiger partial charge in [0.25, 0.3) is 5.91 Å². The van der Waals surface area contributed by atoms with Gasteiger partial charge >= 0.3 is 12.1 Å². The third-order valence-electron chi connectivity index (χ3n) is 4.61. The van der Waals surface area contributed by atoms with Gasteiger partial charge in [-0.25, -0.2) is 9.78 Å². The minimum atomic E-state index is -5.08. The van der Waals surface area contributed by atoms with Crippen LogP contribution in [0.25, 0.3) is 0 Å². The van der Waals surface area contributed by atoms with Crippen LogP contribution in [0.1, 0.15) is 32.4 Å². The van der Waals surface area contributed by atoms with Crippen molar-refractivity contribution in [1.29, 1.82) is 0 Å². The number of fused-ring (bicyclic) bond motifs is 1. The molecule has 0 bridgehead atoms. The predicted octanol–water partition coefficient (Wildman–Crippen LogP) is 4.52. The average Bonchev–Trinajstić information content (AvgIpc) is 3.20. The molecule has 2 aromatic heterocycles. The molecule has 0 atom stereocenters. The van der Waals surface area contributed by atoms with Crippen LogP contribution in [0.15, 0.2) is 36.4 Å². The second-order valence-corrected chi connectivity index (χ2v) is 8.21. The maximum absolute atomic E-state index is 12.7. The van der Waals surface area contributed by atoms with E-state index in [0.717, 1.165) is 52.8 Å². The van der Waals surface area contributed by atoms with Gasteiger partial charge in [0.05, 0.1) is 5.69 Å². The van der Waals surface area contributed by atoms with Crippen molar-refractivity contribution in [1.82, 2.24) is 15.2 Å². The van der Waals surface area contributed by atoms with Crippen molar-refractivity contribution >= 4 is 40.5 Å². The molecular formula is C21H20F3N5O3S. The van der Waals surface area contributed by atoms with E-state index in [1.165, 1.54) is 11.3 Å². The highest BCUT2D eigenvalue weighted by Crippen LogP contribution is 2.35. The molecule has 4 rings (SSSR count). The lowest BCUT2D eigenvalue weighted by Gasteiger charge is -2.25. The number of hydrogen-bond acceptors (Lipinski definition) is 7. The van der Waals surface area contributed by atoms with Crippen LogP contribution in [0.2, 0.25) is 0 Å². The molecule has 1 aromatic carbocycles. The minimum Gasteiger partial charge on any atom is -0.475 e. The van der Waals surface area contributed by atoms with Crippen molar-refractivity contribution < 1.29 is 27.9 Å². The fourth-order valence-electron chi connectivity index (χ4n) is 2.97. The van der Waals surface area contributed by atoms with Gasteiger partial charge in [-0.3, -0.25) is 4.79 Å². The number of thiazole rings is 1. The van der Waals surface area contributed by atoms with E-state index in [4.69, 9.17) is 9.90 Å². The Balaban J connectivity index is 0.000000383. The lowest BCUT2D eigenvalue weighted by molar-refractivity contribution is -0.192. The molecule has 8 nitrogen and oxygen atoms in total. The van der Waals surface area contributed by atoms with Crippen LogP contribution in [0.3, 0.4) is 0 Å². The molecule has 0 saturated heterocycles. The number of para-hydroxylation sites is 1. The van der Waals surface area contributed by atoms with Crippen molar-refractivity contribution in [3.63, 3.8) is 0 Å². The summed E-state index contributed by atoms with van der Waals surface area (Å²) in [6.07, 6.45) is -3.15. The van der Waals surface area contributed by atoms with Gasteiger partial charge in [0.2, 0.25) is 0 Å². The molecule has 2 N–H and O–H groups in total. The summed E-state index contributed by atoms with van der Waals surface area (Å²) in [5.41, 5.74) is 2.72. The first-order valence-electron chi connectivity index (χ1n) is 9.81. The smallest absolute Gasteiger partial charge is 0.475 e. The van der Waals surface area contributed by atoms with Gasteiger partial charge in [0.15, 0.2) is 10.8 Å². The molecule has 1 aliphatic heterocycles. The van der Waals surface area contributed by atoms with Gasteiger partial charge in [-0.1, -0.05) is 18.2 Å². The zero-order valence-corrected chi connectivity index (χ0v) is 18.5. The van der Waals surface area contributed by atoms with E-state index < -0.39 is 12.1 Å². The Labute approximate surface area is 191 Å². The SMILES string of the molecule is Cc1ccc(N2CCCc3sc(C(=O)Nc4ccccc4C)nc32)nn1.O=C(O)C(F)(F)F. The first-order valence-corrected chi connectivity index (χ1v) is 10.6. The number of anilines is 3. The van der Waals surface area contributed by atoms with Gasteiger partial charge < -0.3 is 15.3 Å². The van der Waals surface area contributed by atoms with Crippen LogP contribution in [-0.2, 0) is 11.2 Å². The zero-order chi connectivity index (χ0) is 24.2. The maximum atomic E-state index is 12.7. The molecule has 0 fully saturated rings. The fraction of sp³-hybridized carbons (Fsp3) is 0.286. The van der Waals surface area contributed by atoms with Crippen LogP contribution >= 0.6 is 11.3 Å². The molecule has 3 aromatic rings. The Morgan fingerprint density at radius 3 is 2.42 bits per heavy atom. The number of carboxylic acids is 1. The van der Waals surface area contributed by atoms with Crippen LogP contribution in [0.5, 0.6) is 0 Å². The zero-order valence-electron chi connectivity index (χ0n) is 17.7. The molecule has 3 heterocycles. The summed E-state index contributed by atoms with van der Waals surface area (Å²) in [7, 11) is 0. The lowest BCUT2D eigenvalue weighted by Crippen LogP contribution is -2.25. The molecule has 1 amide bonds. The predicted molar refractivity (Wildman–Crippen MR) is 117 cm³/mol. The Morgan fingerprint density at radius 2 is 1.82 bits per heavy atom. The standard InChI is InChI=1S/C19H19N5OS.C2HF3O2/c1-12-6-3-4-7-14(12)20-18(25)19-21-17-15(26-19)8-5-11-24(17)16-10-9-13(2)22-23-16;3-2(4,5)1(6)7/h3-4,6-7,9-10H,5,8,11H2,1-2H3,(H,20,25);(H,6,7). The molecule has 0 saturated carbocycles. The molecule has 12 heteroatoms. The van der Waals surface area contributed by atoms with Gasteiger partial charge in [-0.05, 0) is 50.5 Å². The highest BCUT2D eigenvalue weighted by Gasteiger charge is 2.38. The molecular weight excluding hydrogens is 459 g/mol. The van der Waals surface area contributed by atoms with E-state index in [9.17, 15) is 18.0 Å². The van der Waals surface area contributed by atoms with E-state index in [1.54, 1.807) is 0 Å². The number of carboxylic acid groups (broad SMARTS) is 1. The topological polar surface area (TPSA) is 108 Å². The number of hydrogen-bond donors (Lipinski definition) is 2. The highest BCUT2D eigenvalue weighted by atomic mass is 32.1. The second-order valence-electron chi connectivity index (χ2n) is 7.13. The number of amides is 1. The number of carbonyl (C=O) groups is 2. The minimum absolute atomic E-state index is 0.173. The summed E-state index contributed by atoms with van der Waals surface area (Å²) in [4.78, 5) is 29.3. The number of nitrogens with one attached hydrogen (secondary N) is 1. The number of aliphatic carboxylic acids is 1. The summed E-state index contributed by atoms with van der Waals surface area (Å²) in [5, 5.41) is 19.0. The Bertz CT molecular complexity index is 1150. The Morgan fingerprint density at radius 1 is 1.12 bits per heavy atom. The fourth-order valence-corrected chi connectivity index (χ4v) is 3.97. The lowest BCUT2D eigenvalue weighted by atomic mass is 10.2. The van der Waals surface area contributed by atoms with Crippen LogP contribution in [0.4, 0.5) is 30.5 Å². The second kappa shape index (κ2) is 9.94. The van der Waals surface area contributed by atoms with Crippen molar-refractivity contribution in [3.8, 4) is 0 Å². The number of halogens is 3. The van der Waals surface area contributed by atoms with E-state index in [1.807, 2.05) is 55.1 Å². The van der Waals surface area contributed by atoms with Crippen LogP contribution in [0, 0.1) is 13.8 Å². The normalized spacial score (nSPS) is 12.9. The molecule has 1 aliphatic rings. The molecule has 0 radical (unpaired) electrons. The third-order valence-corrected chi connectivity index (χ3v) is 5.71. The third kappa shape index (κ3) is 6.04. The van der Waals surface area contributed by atoms with Crippen LogP contribution < -0.4 is 10.2 Å². The number of aryl methyl sites for hydroxylation is 3. The number of nitrogens with zero attached hydrogens (tertiary/aromatic N) is 4.